The van der Waals surface area contributed by atoms with Crippen LogP contribution in [0.2, 0.25) is 0 Å². The molecule has 1 aliphatic heterocycles. The number of nitrogens with one attached hydrogen (secondary N) is 2. The number of sulfonamides is 1. The van der Waals surface area contributed by atoms with Gasteiger partial charge in [-0.25, -0.2) is 13.1 Å². The summed E-state index contributed by atoms with van der Waals surface area (Å²) in [4.78, 5) is 15.4. The zero-order chi connectivity index (χ0) is 25.5. The van der Waals surface area contributed by atoms with Gasteiger partial charge in [0.15, 0.2) is 0 Å². The van der Waals surface area contributed by atoms with Gasteiger partial charge in [-0.2, -0.15) is 0 Å². The number of ether oxygens (including phenoxy) is 1. The second kappa shape index (κ2) is 11.6. The molecule has 3 aromatic carbocycles. The minimum Gasteiger partial charge on any atom is -0.497 e. The summed E-state index contributed by atoms with van der Waals surface area (Å²) in [7, 11) is -1.92. The predicted octanol–water partition coefficient (Wildman–Crippen LogP) is 3.92. The number of amides is 1. The Bertz CT molecular complexity index is 1270. The summed E-state index contributed by atoms with van der Waals surface area (Å²) < 4.78 is 33.6. The van der Waals surface area contributed by atoms with Gasteiger partial charge in [-0.3, -0.25) is 4.79 Å². The molecule has 0 aromatic heterocycles. The number of piperidine rings is 1. The Labute approximate surface area is 213 Å². The molecule has 190 valence electrons. The summed E-state index contributed by atoms with van der Waals surface area (Å²) in [5.74, 6) is 0.699. The van der Waals surface area contributed by atoms with Crippen molar-refractivity contribution in [3.05, 3.63) is 89.5 Å². The van der Waals surface area contributed by atoms with Crippen LogP contribution in [0.5, 0.6) is 5.75 Å². The molecule has 3 aromatic rings. The van der Waals surface area contributed by atoms with E-state index in [1.165, 1.54) is 0 Å². The first-order valence-electron chi connectivity index (χ1n) is 12.2. The summed E-state index contributed by atoms with van der Waals surface area (Å²) in [6, 6.07) is 22.1. The van der Waals surface area contributed by atoms with Crippen molar-refractivity contribution in [2.24, 2.45) is 0 Å². The molecule has 4 rings (SSSR count). The lowest BCUT2D eigenvalue weighted by Crippen LogP contribution is -2.45. The lowest BCUT2D eigenvalue weighted by molar-refractivity contribution is 0.0954. The monoisotopic (exact) mass is 507 g/mol. The second-order valence-electron chi connectivity index (χ2n) is 9.07. The van der Waals surface area contributed by atoms with E-state index in [0.29, 0.717) is 38.0 Å². The number of benzene rings is 3. The van der Waals surface area contributed by atoms with Gasteiger partial charge in [0.25, 0.3) is 5.91 Å². The van der Waals surface area contributed by atoms with Gasteiger partial charge in [0.05, 0.1) is 17.6 Å². The van der Waals surface area contributed by atoms with Crippen molar-refractivity contribution >= 4 is 21.6 Å². The Morgan fingerprint density at radius 3 is 2.31 bits per heavy atom. The van der Waals surface area contributed by atoms with E-state index in [2.05, 4.69) is 14.9 Å². The number of hydrogen-bond acceptors (Lipinski definition) is 5. The molecule has 0 radical (unpaired) electrons. The summed E-state index contributed by atoms with van der Waals surface area (Å²) >= 11 is 0. The van der Waals surface area contributed by atoms with Crippen LogP contribution in [0.15, 0.2) is 77.7 Å². The Kier molecular flexibility index (Phi) is 8.28. The fraction of sp³-hybridized carbons (Fsp3) is 0.321. The standard InChI is InChI=1S/C28H33N3O4S/c1-21-7-13-25(14-8-21)36(33,34)30-23-16-19-31(20-17-23)27-6-4-3-5-26(27)28(32)29-18-15-22-9-11-24(35-2)12-10-22/h3-14,23,30H,15-20H2,1-2H3,(H,29,32). The first-order chi connectivity index (χ1) is 17.4. The molecule has 0 unspecified atom stereocenters. The van der Waals surface area contributed by atoms with Gasteiger partial charge in [0.2, 0.25) is 10.0 Å². The largest absolute Gasteiger partial charge is 0.497 e. The van der Waals surface area contributed by atoms with E-state index in [-0.39, 0.29) is 16.8 Å². The first kappa shape index (κ1) is 25.7. The van der Waals surface area contributed by atoms with E-state index in [9.17, 15) is 13.2 Å². The Hall–Kier alpha value is -3.36. The van der Waals surface area contributed by atoms with Gasteiger partial charge in [0, 0.05) is 31.4 Å². The van der Waals surface area contributed by atoms with E-state index in [0.717, 1.165) is 29.0 Å². The molecule has 1 amide bonds. The third-order valence-electron chi connectivity index (χ3n) is 6.50. The highest BCUT2D eigenvalue weighted by Crippen LogP contribution is 2.25. The fourth-order valence-electron chi connectivity index (χ4n) is 4.39. The van der Waals surface area contributed by atoms with Crippen LogP contribution in [0.4, 0.5) is 5.69 Å². The average molecular weight is 508 g/mol. The van der Waals surface area contributed by atoms with Crippen LogP contribution in [0, 0.1) is 6.92 Å². The normalized spacial score (nSPS) is 14.4. The van der Waals surface area contributed by atoms with Gasteiger partial charge in [-0.05, 0) is 68.1 Å². The Morgan fingerprint density at radius 1 is 0.972 bits per heavy atom. The minimum absolute atomic E-state index is 0.110. The van der Waals surface area contributed by atoms with E-state index in [1.807, 2.05) is 55.5 Å². The first-order valence-corrected chi connectivity index (χ1v) is 13.7. The van der Waals surface area contributed by atoms with Crippen LogP contribution in [0.25, 0.3) is 0 Å². The van der Waals surface area contributed by atoms with E-state index < -0.39 is 10.0 Å². The van der Waals surface area contributed by atoms with Crippen molar-refractivity contribution in [3.8, 4) is 5.75 Å². The molecule has 36 heavy (non-hydrogen) atoms. The number of rotatable bonds is 9. The van der Waals surface area contributed by atoms with Crippen LogP contribution >= 0.6 is 0 Å². The second-order valence-corrected chi connectivity index (χ2v) is 10.8. The molecule has 0 spiro atoms. The number of hydrogen-bond donors (Lipinski definition) is 2. The highest BCUT2D eigenvalue weighted by Gasteiger charge is 2.26. The van der Waals surface area contributed by atoms with Gasteiger partial charge in [-0.15, -0.1) is 0 Å². The van der Waals surface area contributed by atoms with Crippen molar-refractivity contribution in [1.29, 1.82) is 0 Å². The smallest absolute Gasteiger partial charge is 0.253 e. The van der Waals surface area contributed by atoms with E-state index in [1.54, 1.807) is 31.4 Å². The quantitative estimate of drug-likeness (QED) is 0.458. The van der Waals surface area contributed by atoms with E-state index >= 15 is 0 Å². The van der Waals surface area contributed by atoms with E-state index in [4.69, 9.17) is 4.74 Å². The number of nitrogens with zero attached hydrogens (tertiary/aromatic N) is 1. The highest BCUT2D eigenvalue weighted by molar-refractivity contribution is 7.89. The number of anilines is 1. The number of carbonyl (C=O) groups is 1. The van der Waals surface area contributed by atoms with Crippen LogP contribution in [0.1, 0.15) is 34.3 Å². The number of aryl methyl sites for hydroxylation is 1. The molecule has 1 heterocycles. The molecule has 1 aliphatic rings. The third kappa shape index (κ3) is 6.44. The summed E-state index contributed by atoms with van der Waals surface area (Å²) in [6.07, 6.45) is 2.06. The van der Waals surface area contributed by atoms with Crippen molar-refractivity contribution in [3.63, 3.8) is 0 Å². The summed E-state index contributed by atoms with van der Waals surface area (Å²) in [5.41, 5.74) is 3.65. The molecule has 0 bridgehead atoms. The van der Waals surface area contributed by atoms with Crippen LogP contribution in [-0.2, 0) is 16.4 Å². The predicted molar refractivity (Wildman–Crippen MR) is 142 cm³/mol. The zero-order valence-corrected chi connectivity index (χ0v) is 21.6. The van der Waals surface area contributed by atoms with Crippen molar-refractivity contribution in [1.82, 2.24) is 10.0 Å². The van der Waals surface area contributed by atoms with Crippen LogP contribution < -0.4 is 19.7 Å². The van der Waals surface area contributed by atoms with Crippen LogP contribution in [0.3, 0.4) is 0 Å². The lowest BCUT2D eigenvalue weighted by Gasteiger charge is -2.34. The zero-order valence-electron chi connectivity index (χ0n) is 20.7. The van der Waals surface area contributed by atoms with Gasteiger partial charge in [-0.1, -0.05) is 42.0 Å². The van der Waals surface area contributed by atoms with Crippen molar-refractivity contribution < 1.29 is 17.9 Å². The molecule has 1 fully saturated rings. The van der Waals surface area contributed by atoms with Crippen molar-refractivity contribution in [2.75, 3.05) is 31.6 Å². The average Bonchev–Trinajstić information content (AvgIpc) is 2.89. The summed E-state index contributed by atoms with van der Waals surface area (Å²) in [6.45, 7) is 3.79. The molecule has 0 aliphatic carbocycles. The maximum absolute atomic E-state index is 13.0. The molecular formula is C28H33N3O4S. The lowest BCUT2D eigenvalue weighted by atomic mass is 10.0. The molecule has 0 saturated carbocycles. The number of methoxy groups -OCH3 is 1. The third-order valence-corrected chi connectivity index (χ3v) is 8.03. The van der Waals surface area contributed by atoms with Crippen molar-refractivity contribution in [2.45, 2.75) is 37.1 Å². The molecule has 7 nitrogen and oxygen atoms in total. The minimum atomic E-state index is -3.56. The Morgan fingerprint density at radius 2 is 1.64 bits per heavy atom. The Balaban J connectivity index is 1.32. The maximum Gasteiger partial charge on any atom is 0.253 e. The SMILES string of the molecule is COc1ccc(CCNC(=O)c2ccccc2N2CCC(NS(=O)(=O)c3ccc(C)cc3)CC2)cc1. The molecular weight excluding hydrogens is 474 g/mol. The summed E-state index contributed by atoms with van der Waals surface area (Å²) in [5, 5.41) is 3.03. The highest BCUT2D eigenvalue weighted by atomic mass is 32.2. The number of para-hydroxylation sites is 1. The molecule has 1 saturated heterocycles. The van der Waals surface area contributed by atoms with Gasteiger partial charge >= 0.3 is 0 Å². The van der Waals surface area contributed by atoms with Gasteiger partial charge in [0.1, 0.15) is 5.75 Å². The number of carbonyl (C=O) groups excluding carboxylic acids is 1. The molecule has 8 heteroatoms. The molecule has 2 N–H and O–H groups in total. The van der Waals surface area contributed by atoms with Gasteiger partial charge < -0.3 is 15.0 Å². The maximum atomic E-state index is 13.0. The topological polar surface area (TPSA) is 87.7 Å². The molecule has 0 atom stereocenters. The van der Waals surface area contributed by atoms with Crippen LogP contribution in [-0.4, -0.2) is 47.1 Å². The fourth-order valence-corrected chi connectivity index (χ4v) is 5.70.